The molecule has 0 saturated carbocycles. The smallest absolute Gasteiger partial charge is 0.228 e. The quantitative estimate of drug-likeness (QED) is 0.938. The molecule has 0 radical (unpaired) electrons. The summed E-state index contributed by atoms with van der Waals surface area (Å²) in [4.78, 5) is 16.9. The second-order valence-corrected chi connectivity index (χ2v) is 5.68. The van der Waals surface area contributed by atoms with E-state index in [1.165, 1.54) is 17.7 Å². The number of amides is 1. The number of nitrogens with zero attached hydrogens (tertiary/aromatic N) is 1. The van der Waals surface area contributed by atoms with Crippen molar-refractivity contribution in [3.05, 3.63) is 39.2 Å². The molecule has 1 N–H and O–H groups in total. The maximum absolute atomic E-state index is 12.0. The molecule has 1 unspecified atom stereocenters. The number of carbonyl (C=O) groups excluding carboxylic acids is 1. The van der Waals surface area contributed by atoms with Gasteiger partial charge in [-0.25, -0.2) is 4.98 Å². The molecule has 96 valence electrons. The Morgan fingerprint density at radius 1 is 1.61 bits per heavy atom. The highest BCUT2D eigenvalue weighted by molar-refractivity contribution is 7.16. The highest BCUT2D eigenvalue weighted by Crippen LogP contribution is 2.28. The monoisotopic (exact) mass is 284 g/mol. The van der Waals surface area contributed by atoms with Gasteiger partial charge in [0.2, 0.25) is 5.91 Å². The summed E-state index contributed by atoms with van der Waals surface area (Å²) >= 11 is 7.27. The summed E-state index contributed by atoms with van der Waals surface area (Å²) in [5, 5.41) is 2.84. The van der Waals surface area contributed by atoms with Crippen molar-refractivity contribution in [2.45, 2.75) is 26.3 Å². The van der Waals surface area contributed by atoms with Crippen LogP contribution in [0.1, 0.15) is 29.2 Å². The molecule has 2 aromatic rings. The van der Waals surface area contributed by atoms with Crippen LogP contribution in [0.25, 0.3) is 0 Å². The summed E-state index contributed by atoms with van der Waals surface area (Å²) in [6.45, 7) is 4.05. The van der Waals surface area contributed by atoms with Crippen LogP contribution in [-0.4, -0.2) is 10.9 Å². The number of carbonyl (C=O) groups is 1. The van der Waals surface area contributed by atoms with Gasteiger partial charge in [0.15, 0.2) is 6.39 Å². The van der Waals surface area contributed by atoms with Gasteiger partial charge in [0.05, 0.1) is 16.8 Å². The molecular weight excluding hydrogens is 272 g/mol. The first-order chi connectivity index (χ1) is 8.58. The molecule has 18 heavy (non-hydrogen) atoms. The Morgan fingerprint density at radius 3 is 2.94 bits per heavy atom. The lowest BCUT2D eigenvalue weighted by molar-refractivity contribution is -0.122. The van der Waals surface area contributed by atoms with Crippen LogP contribution >= 0.6 is 22.9 Å². The van der Waals surface area contributed by atoms with Gasteiger partial charge < -0.3 is 9.73 Å². The van der Waals surface area contributed by atoms with Gasteiger partial charge in [0.25, 0.3) is 0 Å². The predicted octanol–water partition coefficient (Wildman–Crippen LogP) is 3.12. The molecule has 6 heteroatoms. The summed E-state index contributed by atoms with van der Waals surface area (Å²) in [6, 6.07) is 3.67. The van der Waals surface area contributed by atoms with Crippen molar-refractivity contribution in [3.8, 4) is 0 Å². The third-order valence-electron chi connectivity index (χ3n) is 2.69. The Labute approximate surface area is 114 Å². The van der Waals surface area contributed by atoms with E-state index in [2.05, 4.69) is 10.3 Å². The van der Waals surface area contributed by atoms with E-state index in [9.17, 15) is 4.79 Å². The van der Waals surface area contributed by atoms with Crippen LogP contribution in [-0.2, 0) is 11.3 Å². The van der Waals surface area contributed by atoms with Gasteiger partial charge in [0, 0.05) is 4.88 Å². The molecule has 1 amide bonds. The van der Waals surface area contributed by atoms with E-state index in [4.69, 9.17) is 16.0 Å². The second kappa shape index (κ2) is 5.54. The largest absolute Gasteiger partial charge is 0.448 e. The van der Waals surface area contributed by atoms with Gasteiger partial charge >= 0.3 is 0 Å². The number of aryl methyl sites for hydroxylation is 1. The number of aromatic nitrogens is 1. The van der Waals surface area contributed by atoms with Gasteiger partial charge in [-0.15, -0.1) is 11.3 Å². The Morgan fingerprint density at radius 2 is 2.39 bits per heavy atom. The van der Waals surface area contributed by atoms with Gasteiger partial charge in [-0.2, -0.15) is 0 Å². The van der Waals surface area contributed by atoms with E-state index in [1.807, 2.05) is 19.9 Å². The molecule has 2 rings (SSSR count). The van der Waals surface area contributed by atoms with Crippen LogP contribution in [0.4, 0.5) is 0 Å². The number of nitrogens with one attached hydrogen (secondary N) is 1. The molecule has 0 aromatic carbocycles. The zero-order valence-corrected chi connectivity index (χ0v) is 11.6. The Balaban J connectivity index is 1.94. The maximum atomic E-state index is 12.0. The first kappa shape index (κ1) is 13.1. The summed E-state index contributed by atoms with van der Waals surface area (Å²) in [6.07, 6.45) is 1.37. The molecule has 4 nitrogen and oxygen atoms in total. The van der Waals surface area contributed by atoms with Crippen LogP contribution in [0.15, 0.2) is 22.9 Å². The van der Waals surface area contributed by atoms with Crippen molar-refractivity contribution in [2.24, 2.45) is 0 Å². The van der Waals surface area contributed by atoms with E-state index in [0.717, 1.165) is 16.3 Å². The fourth-order valence-corrected chi connectivity index (χ4v) is 2.62. The number of rotatable bonds is 4. The first-order valence-corrected chi connectivity index (χ1v) is 6.69. The van der Waals surface area contributed by atoms with E-state index in [-0.39, 0.29) is 11.8 Å². The number of halogens is 1. The van der Waals surface area contributed by atoms with Gasteiger partial charge in [-0.05, 0) is 26.0 Å². The summed E-state index contributed by atoms with van der Waals surface area (Å²) in [7, 11) is 0. The molecule has 2 heterocycles. The van der Waals surface area contributed by atoms with Crippen LogP contribution in [0.2, 0.25) is 4.34 Å². The fourth-order valence-electron chi connectivity index (χ4n) is 1.51. The zero-order valence-electron chi connectivity index (χ0n) is 10.1. The number of thiophene rings is 1. The predicted molar refractivity (Wildman–Crippen MR) is 70.8 cm³/mol. The average Bonchev–Trinajstić information content (AvgIpc) is 2.94. The molecule has 0 saturated heterocycles. The summed E-state index contributed by atoms with van der Waals surface area (Å²) < 4.78 is 5.76. The Bertz CT molecular complexity index is 550. The maximum Gasteiger partial charge on any atom is 0.228 e. The number of hydrogen-bond acceptors (Lipinski definition) is 4. The molecule has 2 aromatic heterocycles. The topological polar surface area (TPSA) is 55.1 Å². The van der Waals surface area contributed by atoms with Crippen molar-refractivity contribution >= 4 is 28.8 Å². The van der Waals surface area contributed by atoms with Crippen LogP contribution in [0, 0.1) is 6.92 Å². The standard InChI is InChI=1S/C12H13ClN2O2S/c1-7(10-3-4-11(13)18-10)12(16)14-5-9-8(2)17-6-15-9/h3-4,6-7H,5H2,1-2H3,(H,14,16). The van der Waals surface area contributed by atoms with Crippen molar-refractivity contribution in [2.75, 3.05) is 0 Å². The molecule has 1 atom stereocenters. The van der Waals surface area contributed by atoms with Gasteiger partial charge in [-0.3, -0.25) is 4.79 Å². The van der Waals surface area contributed by atoms with Gasteiger partial charge in [-0.1, -0.05) is 11.6 Å². The lowest BCUT2D eigenvalue weighted by Gasteiger charge is -2.09. The molecule has 0 fully saturated rings. The van der Waals surface area contributed by atoms with E-state index in [1.54, 1.807) is 6.07 Å². The third kappa shape index (κ3) is 2.91. The van der Waals surface area contributed by atoms with Crippen molar-refractivity contribution in [3.63, 3.8) is 0 Å². The van der Waals surface area contributed by atoms with Gasteiger partial charge in [0.1, 0.15) is 11.5 Å². The molecule has 0 aliphatic rings. The second-order valence-electron chi connectivity index (χ2n) is 3.94. The minimum atomic E-state index is -0.213. The fraction of sp³-hybridized carbons (Fsp3) is 0.333. The summed E-state index contributed by atoms with van der Waals surface area (Å²) in [5.74, 6) is 0.466. The van der Waals surface area contributed by atoms with E-state index >= 15 is 0 Å². The van der Waals surface area contributed by atoms with Crippen molar-refractivity contribution < 1.29 is 9.21 Å². The van der Waals surface area contributed by atoms with Crippen LogP contribution < -0.4 is 5.32 Å². The van der Waals surface area contributed by atoms with Crippen LogP contribution in [0.5, 0.6) is 0 Å². The van der Waals surface area contributed by atoms with Crippen LogP contribution in [0.3, 0.4) is 0 Å². The number of hydrogen-bond donors (Lipinski definition) is 1. The first-order valence-electron chi connectivity index (χ1n) is 5.50. The van der Waals surface area contributed by atoms with Crippen molar-refractivity contribution in [1.29, 1.82) is 0 Å². The van der Waals surface area contributed by atoms with E-state index < -0.39 is 0 Å². The minimum absolute atomic E-state index is 0.0454. The Hall–Kier alpha value is -1.33. The minimum Gasteiger partial charge on any atom is -0.448 e. The number of oxazole rings is 1. The third-order valence-corrected chi connectivity index (χ3v) is 4.10. The molecule has 0 bridgehead atoms. The zero-order chi connectivity index (χ0) is 13.1. The normalized spacial score (nSPS) is 12.4. The highest BCUT2D eigenvalue weighted by atomic mass is 35.5. The molecular formula is C12H13ClN2O2S. The molecule has 0 aliphatic carbocycles. The summed E-state index contributed by atoms with van der Waals surface area (Å²) in [5.41, 5.74) is 0.750. The lowest BCUT2D eigenvalue weighted by atomic mass is 10.1. The van der Waals surface area contributed by atoms with Crippen molar-refractivity contribution in [1.82, 2.24) is 10.3 Å². The Kier molecular flexibility index (Phi) is 4.04. The molecule has 0 aliphatic heterocycles. The highest BCUT2D eigenvalue weighted by Gasteiger charge is 2.17. The molecule has 0 spiro atoms. The van der Waals surface area contributed by atoms with E-state index in [0.29, 0.717) is 10.9 Å². The SMILES string of the molecule is Cc1ocnc1CNC(=O)C(C)c1ccc(Cl)s1. The lowest BCUT2D eigenvalue weighted by Crippen LogP contribution is -2.27. The average molecular weight is 285 g/mol.